The highest BCUT2D eigenvalue weighted by Gasteiger charge is 2.15. The van der Waals surface area contributed by atoms with E-state index in [4.69, 9.17) is 4.74 Å². The first-order valence-corrected chi connectivity index (χ1v) is 6.60. The number of ether oxygens (including phenoxy) is 1. The molecular formula is C15H25NO2. The summed E-state index contributed by atoms with van der Waals surface area (Å²) in [6, 6.07) is 7.62. The molecule has 0 spiro atoms. The van der Waals surface area contributed by atoms with Gasteiger partial charge in [0.1, 0.15) is 5.75 Å². The molecule has 18 heavy (non-hydrogen) atoms. The minimum atomic E-state index is -0.483. The van der Waals surface area contributed by atoms with E-state index in [-0.39, 0.29) is 6.04 Å². The summed E-state index contributed by atoms with van der Waals surface area (Å²) in [7, 11) is 1.64. The van der Waals surface area contributed by atoms with Gasteiger partial charge in [-0.05, 0) is 43.5 Å². The molecule has 0 amide bonds. The van der Waals surface area contributed by atoms with Gasteiger partial charge in [0.15, 0.2) is 0 Å². The van der Waals surface area contributed by atoms with Crippen molar-refractivity contribution in [1.82, 2.24) is 5.32 Å². The van der Waals surface area contributed by atoms with Crippen molar-refractivity contribution in [2.75, 3.05) is 13.7 Å². The minimum absolute atomic E-state index is 0.0529. The summed E-state index contributed by atoms with van der Waals surface area (Å²) in [4.78, 5) is 0. The molecule has 1 rings (SSSR count). The third kappa shape index (κ3) is 4.67. The smallest absolute Gasteiger partial charge is 0.118 e. The maximum absolute atomic E-state index is 10.2. The summed E-state index contributed by atoms with van der Waals surface area (Å²) in [5.74, 6) is 1.49. The number of rotatable bonds is 7. The van der Waals surface area contributed by atoms with Gasteiger partial charge >= 0.3 is 0 Å². The Morgan fingerprint density at radius 2 is 1.78 bits per heavy atom. The molecule has 3 nitrogen and oxygen atoms in total. The quantitative estimate of drug-likeness (QED) is 0.783. The average molecular weight is 251 g/mol. The normalized spacial score (nSPS) is 14.6. The number of hydrogen-bond donors (Lipinski definition) is 2. The fourth-order valence-electron chi connectivity index (χ4n) is 1.80. The molecule has 102 valence electrons. The van der Waals surface area contributed by atoms with Crippen molar-refractivity contribution in [2.24, 2.45) is 5.92 Å². The third-order valence-corrected chi connectivity index (χ3v) is 3.12. The van der Waals surface area contributed by atoms with Crippen LogP contribution in [0.2, 0.25) is 0 Å². The highest BCUT2D eigenvalue weighted by molar-refractivity contribution is 5.28. The summed E-state index contributed by atoms with van der Waals surface area (Å²) >= 11 is 0. The zero-order valence-electron chi connectivity index (χ0n) is 11.8. The molecule has 3 heteroatoms. The van der Waals surface area contributed by atoms with Gasteiger partial charge in [-0.2, -0.15) is 0 Å². The second kappa shape index (κ2) is 7.39. The van der Waals surface area contributed by atoms with Crippen LogP contribution in [0, 0.1) is 5.92 Å². The van der Waals surface area contributed by atoms with Crippen LogP contribution in [0.5, 0.6) is 5.75 Å². The monoisotopic (exact) mass is 251 g/mol. The van der Waals surface area contributed by atoms with E-state index in [1.54, 1.807) is 7.11 Å². The first-order valence-electron chi connectivity index (χ1n) is 6.60. The van der Waals surface area contributed by atoms with Gasteiger partial charge in [-0.15, -0.1) is 0 Å². The van der Waals surface area contributed by atoms with Crippen molar-refractivity contribution in [3.05, 3.63) is 29.8 Å². The van der Waals surface area contributed by atoms with Crippen LogP contribution in [-0.2, 0) is 0 Å². The van der Waals surface area contributed by atoms with E-state index in [9.17, 15) is 5.11 Å². The van der Waals surface area contributed by atoms with Crippen LogP contribution in [0.1, 0.15) is 38.9 Å². The fraction of sp³-hybridized carbons (Fsp3) is 0.600. The Hall–Kier alpha value is -1.06. The lowest BCUT2D eigenvalue weighted by Crippen LogP contribution is -2.33. The number of aliphatic hydroxyl groups is 1. The van der Waals surface area contributed by atoms with Gasteiger partial charge in [-0.3, -0.25) is 0 Å². The fourth-order valence-corrected chi connectivity index (χ4v) is 1.80. The van der Waals surface area contributed by atoms with Gasteiger partial charge in [0.05, 0.1) is 13.2 Å². The second-order valence-electron chi connectivity index (χ2n) is 5.14. The molecule has 0 aliphatic carbocycles. The van der Waals surface area contributed by atoms with E-state index in [0.29, 0.717) is 5.92 Å². The van der Waals surface area contributed by atoms with Crippen LogP contribution >= 0.6 is 0 Å². The van der Waals surface area contributed by atoms with E-state index in [1.807, 2.05) is 31.2 Å². The van der Waals surface area contributed by atoms with Crippen molar-refractivity contribution in [2.45, 2.75) is 39.3 Å². The Bertz CT molecular complexity index is 335. The van der Waals surface area contributed by atoms with Crippen molar-refractivity contribution >= 4 is 0 Å². The summed E-state index contributed by atoms with van der Waals surface area (Å²) in [6.45, 7) is 7.35. The van der Waals surface area contributed by atoms with Gasteiger partial charge in [0.25, 0.3) is 0 Å². The summed E-state index contributed by atoms with van der Waals surface area (Å²) in [5.41, 5.74) is 0.917. The number of aliphatic hydroxyl groups excluding tert-OH is 1. The molecule has 0 aliphatic rings. The number of methoxy groups -OCH3 is 1. The van der Waals surface area contributed by atoms with Crippen LogP contribution in [0.4, 0.5) is 0 Å². The van der Waals surface area contributed by atoms with Gasteiger partial charge < -0.3 is 15.2 Å². The largest absolute Gasteiger partial charge is 0.497 e. The van der Waals surface area contributed by atoms with Gasteiger partial charge in [-0.25, -0.2) is 0 Å². The lowest BCUT2D eigenvalue weighted by Gasteiger charge is -2.21. The highest BCUT2D eigenvalue weighted by atomic mass is 16.5. The first kappa shape index (κ1) is 15.0. The van der Waals surface area contributed by atoms with Crippen LogP contribution in [0.25, 0.3) is 0 Å². The van der Waals surface area contributed by atoms with Crippen LogP contribution in [0.15, 0.2) is 24.3 Å². The first-order chi connectivity index (χ1) is 8.54. The maximum atomic E-state index is 10.2. The van der Waals surface area contributed by atoms with E-state index >= 15 is 0 Å². The van der Waals surface area contributed by atoms with Crippen LogP contribution in [0.3, 0.4) is 0 Å². The predicted molar refractivity (Wildman–Crippen MR) is 74.9 cm³/mol. The average Bonchev–Trinajstić information content (AvgIpc) is 2.37. The molecule has 2 unspecified atom stereocenters. The molecule has 0 heterocycles. The lowest BCUT2D eigenvalue weighted by atomic mass is 10.0. The molecule has 0 saturated heterocycles. The van der Waals surface area contributed by atoms with Crippen molar-refractivity contribution < 1.29 is 9.84 Å². The molecule has 0 bridgehead atoms. The van der Waals surface area contributed by atoms with Gasteiger partial charge in [0, 0.05) is 6.04 Å². The molecule has 0 aromatic heterocycles. The molecular weight excluding hydrogens is 226 g/mol. The Balaban J connectivity index is 2.48. The number of hydrogen-bond acceptors (Lipinski definition) is 3. The van der Waals surface area contributed by atoms with Crippen molar-refractivity contribution in [3.63, 3.8) is 0 Å². The second-order valence-corrected chi connectivity index (χ2v) is 5.14. The van der Waals surface area contributed by atoms with Crippen molar-refractivity contribution in [3.8, 4) is 5.75 Å². The standard InChI is InChI=1S/C15H25NO2/c1-11(2)9-10-16-12(3)15(17)13-5-7-14(18-4)8-6-13/h5-8,11-12,15-17H,9-10H2,1-4H3. The minimum Gasteiger partial charge on any atom is -0.497 e. The molecule has 1 aromatic carbocycles. The molecule has 0 radical (unpaired) electrons. The summed E-state index contributed by atoms with van der Waals surface area (Å²) < 4.78 is 5.10. The predicted octanol–water partition coefficient (Wildman–Crippen LogP) is 2.75. The van der Waals surface area contributed by atoms with E-state index in [0.717, 1.165) is 24.3 Å². The number of benzene rings is 1. The van der Waals surface area contributed by atoms with E-state index < -0.39 is 6.10 Å². The SMILES string of the molecule is COc1ccc(C(O)C(C)NCCC(C)C)cc1. The Morgan fingerprint density at radius 3 is 2.28 bits per heavy atom. The topological polar surface area (TPSA) is 41.5 Å². The Morgan fingerprint density at radius 1 is 1.17 bits per heavy atom. The number of nitrogens with one attached hydrogen (secondary N) is 1. The zero-order chi connectivity index (χ0) is 13.5. The Labute approximate surface area is 110 Å². The molecule has 2 N–H and O–H groups in total. The maximum Gasteiger partial charge on any atom is 0.118 e. The molecule has 1 aromatic rings. The van der Waals surface area contributed by atoms with E-state index in [2.05, 4.69) is 19.2 Å². The molecule has 0 fully saturated rings. The van der Waals surface area contributed by atoms with Gasteiger partial charge in [-0.1, -0.05) is 26.0 Å². The molecule has 0 aliphatic heterocycles. The van der Waals surface area contributed by atoms with Gasteiger partial charge in [0.2, 0.25) is 0 Å². The Kier molecular flexibility index (Phi) is 6.16. The summed E-state index contributed by atoms with van der Waals surface area (Å²) in [6.07, 6.45) is 0.641. The summed E-state index contributed by atoms with van der Waals surface area (Å²) in [5, 5.41) is 13.6. The zero-order valence-corrected chi connectivity index (χ0v) is 11.8. The highest BCUT2D eigenvalue weighted by Crippen LogP contribution is 2.20. The molecule has 0 saturated carbocycles. The lowest BCUT2D eigenvalue weighted by molar-refractivity contribution is 0.135. The van der Waals surface area contributed by atoms with Crippen molar-refractivity contribution in [1.29, 1.82) is 0 Å². The van der Waals surface area contributed by atoms with Crippen LogP contribution < -0.4 is 10.1 Å². The van der Waals surface area contributed by atoms with E-state index in [1.165, 1.54) is 0 Å². The van der Waals surface area contributed by atoms with Crippen LogP contribution in [-0.4, -0.2) is 24.8 Å². The third-order valence-electron chi connectivity index (χ3n) is 3.12. The molecule has 2 atom stereocenters.